The molecule has 2 heterocycles. The number of aromatic nitrogens is 2. The topological polar surface area (TPSA) is 120 Å². The van der Waals surface area contributed by atoms with E-state index in [1.807, 2.05) is 36.4 Å². The van der Waals surface area contributed by atoms with Crippen LogP contribution >= 0.6 is 11.6 Å². The molecule has 0 unspecified atom stereocenters. The molecule has 0 amide bonds. The van der Waals surface area contributed by atoms with Crippen LogP contribution in [0.2, 0.25) is 5.02 Å². The number of hydrogen-bond donors (Lipinski definition) is 1. The zero-order valence-corrected chi connectivity index (χ0v) is 15.9. The summed E-state index contributed by atoms with van der Waals surface area (Å²) >= 11 is 6.13. The summed E-state index contributed by atoms with van der Waals surface area (Å²) in [4.78, 5) is 11.1. The van der Waals surface area contributed by atoms with Gasteiger partial charge in [0.2, 0.25) is 11.8 Å². The van der Waals surface area contributed by atoms with Crippen LogP contribution in [0.15, 0.2) is 60.0 Å². The molecule has 2 aromatic carbocycles. The van der Waals surface area contributed by atoms with Gasteiger partial charge in [-0.15, -0.1) is 0 Å². The van der Waals surface area contributed by atoms with E-state index in [1.165, 1.54) is 18.2 Å². The fourth-order valence-electron chi connectivity index (χ4n) is 3.49. The lowest BCUT2D eigenvalue weighted by molar-refractivity contribution is -0.385. The molecule has 0 saturated heterocycles. The van der Waals surface area contributed by atoms with E-state index in [0.717, 1.165) is 5.69 Å². The summed E-state index contributed by atoms with van der Waals surface area (Å²) in [5.41, 5.74) is 8.01. The molecule has 9 heteroatoms. The van der Waals surface area contributed by atoms with Crippen LogP contribution in [0.5, 0.6) is 5.88 Å². The van der Waals surface area contributed by atoms with E-state index in [0.29, 0.717) is 22.2 Å². The summed E-state index contributed by atoms with van der Waals surface area (Å²) in [6, 6.07) is 15.5. The molecule has 4 rings (SSSR count). The van der Waals surface area contributed by atoms with E-state index in [-0.39, 0.29) is 22.7 Å². The minimum atomic E-state index is -0.833. The van der Waals surface area contributed by atoms with E-state index in [4.69, 9.17) is 22.1 Å². The van der Waals surface area contributed by atoms with Crippen LogP contribution in [0.3, 0.4) is 0 Å². The number of nitrogens with two attached hydrogens (primary N) is 1. The lowest BCUT2D eigenvalue weighted by atomic mass is 9.83. The van der Waals surface area contributed by atoms with Crippen LogP contribution in [0.25, 0.3) is 5.69 Å². The number of nitrogens with zero attached hydrogens (tertiary/aromatic N) is 4. The Kier molecular flexibility index (Phi) is 4.45. The van der Waals surface area contributed by atoms with Crippen molar-refractivity contribution in [3.8, 4) is 17.6 Å². The number of fused-ring (bicyclic) bond motifs is 1. The maximum Gasteiger partial charge on any atom is 0.273 e. The first-order valence-electron chi connectivity index (χ1n) is 8.58. The molecular weight excluding hydrogens is 394 g/mol. The van der Waals surface area contributed by atoms with Gasteiger partial charge in [-0.25, -0.2) is 4.68 Å². The van der Waals surface area contributed by atoms with Crippen molar-refractivity contribution in [1.29, 1.82) is 5.26 Å². The highest BCUT2D eigenvalue weighted by molar-refractivity contribution is 6.30. The van der Waals surface area contributed by atoms with E-state index in [9.17, 15) is 15.4 Å². The van der Waals surface area contributed by atoms with Gasteiger partial charge in [0.1, 0.15) is 11.6 Å². The summed E-state index contributed by atoms with van der Waals surface area (Å²) in [7, 11) is 0. The normalized spacial score (nSPS) is 15.4. The minimum Gasteiger partial charge on any atom is -0.422 e. The highest BCUT2D eigenvalue weighted by Crippen LogP contribution is 2.47. The van der Waals surface area contributed by atoms with Crippen LogP contribution in [0.1, 0.15) is 22.7 Å². The van der Waals surface area contributed by atoms with Crippen molar-refractivity contribution in [2.24, 2.45) is 5.73 Å². The van der Waals surface area contributed by atoms with Crippen molar-refractivity contribution < 1.29 is 9.66 Å². The predicted octanol–water partition coefficient (Wildman–Crippen LogP) is 3.96. The zero-order valence-electron chi connectivity index (χ0n) is 15.2. The largest absolute Gasteiger partial charge is 0.422 e. The molecule has 29 heavy (non-hydrogen) atoms. The van der Waals surface area contributed by atoms with Crippen molar-refractivity contribution >= 4 is 17.3 Å². The van der Waals surface area contributed by atoms with Crippen molar-refractivity contribution in [1.82, 2.24) is 9.78 Å². The highest BCUT2D eigenvalue weighted by atomic mass is 35.5. The smallest absolute Gasteiger partial charge is 0.273 e. The third-order valence-corrected chi connectivity index (χ3v) is 4.97. The maximum atomic E-state index is 11.7. The Morgan fingerprint density at radius 2 is 2.03 bits per heavy atom. The number of nitriles is 1. The van der Waals surface area contributed by atoms with Gasteiger partial charge < -0.3 is 10.5 Å². The molecule has 0 spiro atoms. The molecule has 0 saturated carbocycles. The van der Waals surface area contributed by atoms with Gasteiger partial charge in [-0.2, -0.15) is 10.4 Å². The molecule has 144 valence electrons. The van der Waals surface area contributed by atoms with Gasteiger partial charge in [-0.1, -0.05) is 29.8 Å². The fraction of sp³-hybridized carbons (Fsp3) is 0.100. The summed E-state index contributed by atoms with van der Waals surface area (Å²) in [5, 5.41) is 26.2. The number of aryl methyl sites for hydroxylation is 1. The predicted molar refractivity (Wildman–Crippen MR) is 106 cm³/mol. The van der Waals surface area contributed by atoms with E-state index in [1.54, 1.807) is 11.6 Å². The zero-order chi connectivity index (χ0) is 20.7. The van der Waals surface area contributed by atoms with Crippen molar-refractivity contribution in [3.63, 3.8) is 0 Å². The molecular formula is C20H14ClN5O3. The second-order valence-electron chi connectivity index (χ2n) is 6.44. The van der Waals surface area contributed by atoms with Gasteiger partial charge in [-0.3, -0.25) is 10.1 Å². The van der Waals surface area contributed by atoms with E-state index >= 15 is 0 Å². The molecule has 3 aromatic rings. The highest BCUT2D eigenvalue weighted by Gasteiger charge is 2.39. The second-order valence-corrected chi connectivity index (χ2v) is 6.87. The Bertz CT molecular complexity index is 1210. The van der Waals surface area contributed by atoms with Gasteiger partial charge in [0.25, 0.3) is 5.69 Å². The van der Waals surface area contributed by atoms with E-state index < -0.39 is 10.8 Å². The number of para-hydroxylation sites is 1. The standard InChI is InChI=1S/C20H14ClN5O3/c1-11-17-18(14-9-12(21)7-8-16(14)26(27)28)15(10-22)19(23)29-20(17)25(24-11)13-5-3-2-4-6-13/h2-9,18H,23H2,1H3/t18-/m1/s1. The number of hydrogen-bond acceptors (Lipinski definition) is 6. The summed E-state index contributed by atoms with van der Waals surface area (Å²) in [5.74, 6) is -0.652. The number of allylic oxidation sites excluding steroid dienone is 1. The van der Waals surface area contributed by atoms with Crippen LogP contribution in [0.4, 0.5) is 5.69 Å². The van der Waals surface area contributed by atoms with Gasteiger partial charge in [0, 0.05) is 16.7 Å². The van der Waals surface area contributed by atoms with Gasteiger partial charge in [-0.05, 0) is 31.2 Å². The van der Waals surface area contributed by atoms with Gasteiger partial charge in [0.05, 0.1) is 27.8 Å². The van der Waals surface area contributed by atoms with Crippen LogP contribution in [0, 0.1) is 28.4 Å². The average Bonchev–Trinajstić information content (AvgIpc) is 3.03. The molecule has 8 nitrogen and oxygen atoms in total. The number of benzene rings is 2. The average molecular weight is 408 g/mol. The fourth-order valence-corrected chi connectivity index (χ4v) is 3.67. The number of nitro groups is 1. The molecule has 2 N–H and O–H groups in total. The molecule has 0 radical (unpaired) electrons. The third-order valence-electron chi connectivity index (χ3n) is 4.73. The van der Waals surface area contributed by atoms with Crippen molar-refractivity contribution in [2.75, 3.05) is 0 Å². The quantitative estimate of drug-likeness (QED) is 0.518. The first kappa shape index (κ1) is 18.5. The molecule has 1 atom stereocenters. The molecule has 0 fully saturated rings. The first-order chi connectivity index (χ1) is 13.9. The molecule has 1 aliphatic rings. The lowest BCUT2D eigenvalue weighted by Gasteiger charge is -2.24. The lowest BCUT2D eigenvalue weighted by Crippen LogP contribution is -2.22. The number of ether oxygens (including phenoxy) is 1. The van der Waals surface area contributed by atoms with E-state index in [2.05, 4.69) is 5.10 Å². The molecule has 0 bridgehead atoms. The van der Waals surface area contributed by atoms with Crippen molar-refractivity contribution in [3.05, 3.63) is 91.9 Å². The molecule has 0 aliphatic carbocycles. The SMILES string of the molecule is Cc1nn(-c2ccccc2)c2c1[C@H](c1cc(Cl)ccc1[N+](=O)[O-])C(C#N)=C(N)O2. The van der Waals surface area contributed by atoms with Crippen molar-refractivity contribution in [2.45, 2.75) is 12.8 Å². The Morgan fingerprint density at radius 3 is 2.69 bits per heavy atom. The van der Waals surface area contributed by atoms with Crippen LogP contribution in [-0.2, 0) is 0 Å². The molecule has 1 aromatic heterocycles. The summed E-state index contributed by atoms with van der Waals surface area (Å²) < 4.78 is 7.32. The summed E-state index contributed by atoms with van der Waals surface area (Å²) in [6.07, 6.45) is 0. The third kappa shape index (κ3) is 2.98. The first-order valence-corrected chi connectivity index (χ1v) is 8.96. The minimum absolute atomic E-state index is 0.0681. The number of rotatable bonds is 3. The monoisotopic (exact) mass is 407 g/mol. The number of nitro benzene ring substituents is 1. The molecule has 1 aliphatic heterocycles. The van der Waals surface area contributed by atoms with Crippen LogP contribution in [-0.4, -0.2) is 14.7 Å². The Morgan fingerprint density at radius 1 is 1.31 bits per heavy atom. The maximum absolute atomic E-state index is 11.7. The Hall–Kier alpha value is -3.83. The van der Waals surface area contributed by atoms with Crippen LogP contribution < -0.4 is 10.5 Å². The second kappa shape index (κ2) is 6.96. The Balaban J connectivity index is 2.03. The van der Waals surface area contributed by atoms with Gasteiger partial charge >= 0.3 is 0 Å². The van der Waals surface area contributed by atoms with Gasteiger partial charge in [0.15, 0.2) is 0 Å². The Labute approximate surface area is 170 Å². The number of halogens is 1. The summed E-state index contributed by atoms with van der Waals surface area (Å²) in [6.45, 7) is 1.75.